The smallest absolute Gasteiger partial charge is 0.269 e. The van der Waals surface area contributed by atoms with E-state index in [9.17, 15) is 19.7 Å². The number of rotatable bonds is 4. The third-order valence-corrected chi connectivity index (χ3v) is 6.96. The van der Waals surface area contributed by atoms with Crippen LogP contribution < -0.4 is 0 Å². The number of amides is 2. The van der Waals surface area contributed by atoms with Gasteiger partial charge in [-0.1, -0.05) is 60.7 Å². The molecule has 0 spiro atoms. The maximum absolute atomic E-state index is 13.7. The Morgan fingerprint density at radius 2 is 1.74 bits per heavy atom. The number of benzene rings is 3. The fourth-order valence-electron chi connectivity index (χ4n) is 5.42. The largest absolute Gasteiger partial charge is 0.356 e. The number of nitrogens with one attached hydrogen (secondary N) is 1. The van der Waals surface area contributed by atoms with Gasteiger partial charge in [-0.05, 0) is 22.8 Å². The molecule has 3 heterocycles. The first kappa shape index (κ1) is 21.1. The summed E-state index contributed by atoms with van der Waals surface area (Å²) in [6, 6.07) is 22.5. The molecule has 35 heavy (non-hydrogen) atoms. The highest BCUT2D eigenvalue weighted by molar-refractivity contribution is 5.97. The molecule has 1 aromatic heterocycles. The van der Waals surface area contributed by atoms with Gasteiger partial charge < -0.3 is 14.8 Å². The summed E-state index contributed by atoms with van der Waals surface area (Å²) in [6.07, 6.45) is 0.390. The molecular weight excluding hydrogens is 444 g/mol. The number of nitro groups is 1. The van der Waals surface area contributed by atoms with E-state index in [0.717, 1.165) is 27.7 Å². The van der Waals surface area contributed by atoms with Crippen molar-refractivity contribution in [1.82, 2.24) is 14.8 Å². The van der Waals surface area contributed by atoms with Crippen LogP contribution >= 0.6 is 0 Å². The third-order valence-electron chi connectivity index (χ3n) is 6.96. The zero-order valence-electron chi connectivity index (χ0n) is 18.8. The van der Waals surface area contributed by atoms with Crippen molar-refractivity contribution in [2.75, 3.05) is 6.54 Å². The van der Waals surface area contributed by atoms with Crippen LogP contribution in [0.15, 0.2) is 78.9 Å². The SMILES string of the molecule is O=C1[C@H]2Cc3c([nH]c4ccccc34)C(c3cccc([N+](=O)[O-])c3)N2C(=O)CN1Cc1ccccc1. The van der Waals surface area contributed by atoms with Gasteiger partial charge in [0.15, 0.2) is 0 Å². The first-order valence-corrected chi connectivity index (χ1v) is 11.5. The summed E-state index contributed by atoms with van der Waals surface area (Å²) in [5.41, 5.74) is 4.20. The first-order chi connectivity index (χ1) is 17.0. The van der Waals surface area contributed by atoms with Gasteiger partial charge in [-0.25, -0.2) is 0 Å². The van der Waals surface area contributed by atoms with Crippen LogP contribution in [0.2, 0.25) is 0 Å². The minimum atomic E-state index is -0.684. The van der Waals surface area contributed by atoms with Crippen LogP contribution in [-0.2, 0) is 22.6 Å². The molecule has 8 nitrogen and oxygen atoms in total. The van der Waals surface area contributed by atoms with Crippen LogP contribution in [-0.4, -0.2) is 44.1 Å². The molecule has 2 aliphatic heterocycles. The van der Waals surface area contributed by atoms with Crippen LogP contribution in [0.25, 0.3) is 10.9 Å². The first-order valence-electron chi connectivity index (χ1n) is 11.5. The lowest BCUT2D eigenvalue weighted by atomic mass is 9.86. The van der Waals surface area contributed by atoms with Gasteiger partial charge in [-0.15, -0.1) is 0 Å². The van der Waals surface area contributed by atoms with Gasteiger partial charge in [0.25, 0.3) is 5.69 Å². The summed E-state index contributed by atoms with van der Waals surface area (Å²) >= 11 is 0. The zero-order valence-corrected chi connectivity index (χ0v) is 18.8. The van der Waals surface area contributed by atoms with Crippen molar-refractivity contribution in [3.63, 3.8) is 0 Å². The highest BCUT2D eigenvalue weighted by Gasteiger charge is 2.48. The second-order valence-corrected chi connectivity index (χ2v) is 9.02. The number of nitro benzene ring substituents is 1. The normalized spacial score (nSPS) is 19.5. The zero-order chi connectivity index (χ0) is 24.1. The molecule has 8 heteroatoms. The molecule has 2 amide bonds. The van der Waals surface area contributed by atoms with Crippen LogP contribution in [0, 0.1) is 10.1 Å². The van der Waals surface area contributed by atoms with E-state index in [4.69, 9.17) is 0 Å². The van der Waals surface area contributed by atoms with Crippen LogP contribution in [0.5, 0.6) is 0 Å². The maximum atomic E-state index is 13.7. The molecule has 0 aliphatic carbocycles. The fraction of sp³-hybridized carbons (Fsp3) is 0.185. The van der Waals surface area contributed by atoms with Crippen molar-refractivity contribution < 1.29 is 14.5 Å². The molecule has 2 atom stereocenters. The Morgan fingerprint density at radius 1 is 0.971 bits per heavy atom. The Hall–Kier alpha value is -4.46. The summed E-state index contributed by atoms with van der Waals surface area (Å²) in [6.45, 7) is 0.323. The lowest BCUT2D eigenvalue weighted by Gasteiger charge is -2.47. The second-order valence-electron chi connectivity index (χ2n) is 9.02. The van der Waals surface area contributed by atoms with Crippen molar-refractivity contribution in [2.45, 2.75) is 25.0 Å². The number of carbonyl (C=O) groups excluding carboxylic acids is 2. The number of aromatic nitrogens is 1. The fourth-order valence-corrected chi connectivity index (χ4v) is 5.42. The van der Waals surface area contributed by atoms with Gasteiger partial charge >= 0.3 is 0 Å². The van der Waals surface area contributed by atoms with Gasteiger partial charge in [-0.3, -0.25) is 19.7 Å². The predicted octanol–water partition coefficient (Wildman–Crippen LogP) is 3.96. The molecule has 0 bridgehead atoms. The van der Waals surface area contributed by atoms with Crippen LogP contribution in [0.1, 0.15) is 28.4 Å². The number of aromatic amines is 1. The molecule has 0 saturated carbocycles. The van der Waals surface area contributed by atoms with Gasteiger partial charge in [-0.2, -0.15) is 0 Å². The number of fused-ring (bicyclic) bond motifs is 4. The van der Waals surface area contributed by atoms with E-state index in [1.165, 1.54) is 12.1 Å². The number of nitrogens with zero attached hydrogens (tertiary/aromatic N) is 3. The van der Waals surface area contributed by atoms with E-state index in [0.29, 0.717) is 18.5 Å². The topological polar surface area (TPSA) is 99.5 Å². The van der Waals surface area contributed by atoms with E-state index in [-0.39, 0.29) is 24.0 Å². The van der Waals surface area contributed by atoms with Gasteiger partial charge in [0.2, 0.25) is 11.8 Å². The quantitative estimate of drug-likeness (QED) is 0.363. The average Bonchev–Trinajstić information content (AvgIpc) is 3.25. The van der Waals surface area contributed by atoms with E-state index in [1.54, 1.807) is 21.9 Å². The van der Waals surface area contributed by atoms with E-state index in [1.807, 2.05) is 54.6 Å². The molecule has 1 N–H and O–H groups in total. The van der Waals surface area contributed by atoms with Crippen molar-refractivity contribution in [2.24, 2.45) is 0 Å². The summed E-state index contributed by atoms with van der Waals surface area (Å²) in [5.74, 6) is -0.286. The highest BCUT2D eigenvalue weighted by Crippen LogP contribution is 2.43. The van der Waals surface area contributed by atoms with Crippen molar-refractivity contribution in [3.05, 3.63) is 111 Å². The molecule has 174 valence electrons. The summed E-state index contributed by atoms with van der Waals surface area (Å²) in [4.78, 5) is 45.1. The monoisotopic (exact) mass is 466 g/mol. The summed E-state index contributed by atoms with van der Waals surface area (Å²) in [5, 5.41) is 12.5. The lowest BCUT2D eigenvalue weighted by molar-refractivity contribution is -0.384. The Labute approximate surface area is 200 Å². The second kappa shape index (κ2) is 8.09. The molecule has 3 aromatic carbocycles. The molecule has 0 radical (unpaired) electrons. The van der Waals surface area contributed by atoms with E-state index in [2.05, 4.69) is 4.98 Å². The predicted molar refractivity (Wildman–Crippen MR) is 129 cm³/mol. The molecular formula is C27H22N4O4. The van der Waals surface area contributed by atoms with Crippen LogP contribution in [0.3, 0.4) is 0 Å². The molecule has 6 rings (SSSR count). The number of para-hydroxylation sites is 1. The minimum absolute atomic E-state index is 0.0365. The third kappa shape index (κ3) is 3.45. The van der Waals surface area contributed by atoms with Crippen molar-refractivity contribution in [1.29, 1.82) is 0 Å². The standard InChI is InChI=1S/C27H22N4O4/c32-24-16-29(15-17-7-2-1-3-8-17)27(33)23-14-21-20-11-4-5-12-22(20)28-25(21)26(30(23)24)18-9-6-10-19(13-18)31(34)35/h1-13,23,26,28H,14-16H2/t23-,26?/m1/s1. The molecule has 1 unspecified atom stereocenters. The molecule has 1 saturated heterocycles. The Balaban J connectivity index is 1.48. The van der Waals surface area contributed by atoms with Gasteiger partial charge in [0, 0.05) is 41.7 Å². The van der Waals surface area contributed by atoms with Crippen molar-refractivity contribution >= 4 is 28.4 Å². The van der Waals surface area contributed by atoms with Gasteiger partial charge in [0.1, 0.15) is 12.6 Å². The van der Waals surface area contributed by atoms with Crippen molar-refractivity contribution in [3.8, 4) is 0 Å². The number of hydrogen-bond donors (Lipinski definition) is 1. The Kier molecular flexibility index (Phi) is 4.88. The average molecular weight is 466 g/mol. The summed E-state index contributed by atoms with van der Waals surface area (Å²) in [7, 11) is 0. The molecule has 2 aliphatic rings. The number of piperazine rings is 1. The number of H-pyrrole nitrogens is 1. The molecule has 1 fully saturated rings. The Bertz CT molecular complexity index is 1480. The Morgan fingerprint density at radius 3 is 2.54 bits per heavy atom. The lowest BCUT2D eigenvalue weighted by Crippen LogP contribution is -2.62. The number of carbonyl (C=O) groups is 2. The van der Waals surface area contributed by atoms with E-state index < -0.39 is 17.0 Å². The summed E-state index contributed by atoms with van der Waals surface area (Å²) < 4.78 is 0. The van der Waals surface area contributed by atoms with Crippen LogP contribution in [0.4, 0.5) is 5.69 Å². The van der Waals surface area contributed by atoms with Gasteiger partial charge in [0.05, 0.1) is 11.0 Å². The number of hydrogen-bond acceptors (Lipinski definition) is 4. The molecule has 4 aromatic rings. The number of non-ortho nitro benzene ring substituents is 1. The highest BCUT2D eigenvalue weighted by atomic mass is 16.6. The minimum Gasteiger partial charge on any atom is -0.356 e. The van der Waals surface area contributed by atoms with E-state index >= 15 is 0 Å². The maximum Gasteiger partial charge on any atom is 0.269 e.